The Labute approximate surface area is 202 Å². The molecule has 4 rings (SSSR count). The minimum atomic E-state index is -0.505. The van der Waals surface area contributed by atoms with Gasteiger partial charge in [-0.3, -0.25) is 4.90 Å². The van der Waals surface area contributed by atoms with Crippen molar-refractivity contribution in [3.8, 4) is 5.75 Å². The molecule has 9 heteroatoms. The maximum Gasteiger partial charge on any atom is 0.338 e. The Balaban J connectivity index is 1.65. The first kappa shape index (κ1) is 22.9. The number of anilines is 1. The standard InChI is InChI=1S/C24H24N4O3S2/c1-3-7-20-21(23(29)30-2)22(19-15-33-27-26-19)25-24(32)28(20)17-10-12-18(13-11-17)31-14-16-8-5-4-6-9-16/h4-6,8-13,15,22H,3,7,14H2,1-2H3,(H,25,32). The Bertz CT molecular complexity index is 1130. The molecule has 1 aliphatic heterocycles. The number of thiocarbonyl (C=S) groups is 1. The lowest BCUT2D eigenvalue weighted by atomic mass is 9.96. The van der Waals surface area contributed by atoms with Gasteiger partial charge in [-0.05, 0) is 60.0 Å². The highest BCUT2D eigenvalue weighted by molar-refractivity contribution is 7.80. The Hall–Kier alpha value is -3.30. The Morgan fingerprint density at radius 2 is 1.94 bits per heavy atom. The molecule has 170 valence electrons. The van der Waals surface area contributed by atoms with Gasteiger partial charge >= 0.3 is 5.97 Å². The van der Waals surface area contributed by atoms with Crippen molar-refractivity contribution in [1.82, 2.24) is 14.9 Å². The van der Waals surface area contributed by atoms with Crippen molar-refractivity contribution in [3.05, 3.63) is 82.5 Å². The lowest BCUT2D eigenvalue weighted by Crippen LogP contribution is -2.48. The molecule has 0 radical (unpaired) electrons. The van der Waals surface area contributed by atoms with Gasteiger partial charge < -0.3 is 14.8 Å². The first-order chi connectivity index (χ1) is 16.1. The number of carbonyl (C=O) groups excluding carboxylic acids is 1. The molecule has 0 fully saturated rings. The number of ether oxygens (including phenoxy) is 2. The fourth-order valence-electron chi connectivity index (χ4n) is 3.72. The molecule has 1 aliphatic rings. The van der Waals surface area contributed by atoms with Gasteiger partial charge in [0, 0.05) is 16.8 Å². The molecule has 2 aromatic carbocycles. The largest absolute Gasteiger partial charge is 0.489 e. The van der Waals surface area contributed by atoms with E-state index >= 15 is 0 Å². The molecule has 1 unspecified atom stereocenters. The minimum absolute atomic E-state index is 0.417. The Morgan fingerprint density at radius 1 is 1.18 bits per heavy atom. The van der Waals surface area contributed by atoms with Crippen LogP contribution in [0.15, 0.2) is 71.2 Å². The zero-order valence-corrected chi connectivity index (χ0v) is 20.0. The molecule has 1 N–H and O–H groups in total. The summed E-state index contributed by atoms with van der Waals surface area (Å²) >= 11 is 6.95. The van der Waals surface area contributed by atoms with Crippen LogP contribution < -0.4 is 15.0 Å². The topological polar surface area (TPSA) is 76.6 Å². The van der Waals surface area contributed by atoms with Crippen LogP contribution in [0.5, 0.6) is 5.75 Å². The second-order valence-corrected chi connectivity index (χ2v) is 8.41. The molecule has 0 saturated heterocycles. The molecule has 7 nitrogen and oxygen atoms in total. The number of hydrogen-bond donors (Lipinski definition) is 1. The van der Waals surface area contributed by atoms with E-state index in [1.54, 1.807) is 5.38 Å². The number of rotatable bonds is 8. The average molecular weight is 481 g/mol. The summed E-state index contributed by atoms with van der Waals surface area (Å²) in [4.78, 5) is 14.8. The van der Waals surface area contributed by atoms with Crippen molar-refractivity contribution in [2.24, 2.45) is 0 Å². The summed E-state index contributed by atoms with van der Waals surface area (Å²) in [6, 6.07) is 17.2. The Morgan fingerprint density at radius 3 is 2.58 bits per heavy atom. The summed E-state index contributed by atoms with van der Waals surface area (Å²) < 4.78 is 15.0. The zero-order valence-electron chi connectivity index (χ0n) is 18.4. The summed E-state index contributed by atoms with van der Waals surface area (Å²) in [5.41, 5.74) is 3.86. The summed E-state index contributed by atoms with van der Waals surface area (Å²) in [5.74, 6) is 0.332. The van der Waals surface area contributed by atoms with Crippen LogP contribution in [0.1, 0.15) is 37.1 Å². The van der Waals surface area contributed by atoms with Crippen molar-refractivity contribution in [1.29, 1.82) is 0 Å². The number of methoxy groups -OCH3 is 1. The number of nitrogens with one attached hydrogen (secondary N) is 1. The van der Waals surface area contributed by atoms with Crippen LogP contribution in [0.2, 0.25) is 0 Å². The predicted molar refractivity (Wildman–Crippen MR) is 132 cm³/mol. The molecule has 33 heavy (non-hydrogen) atoms. The third kappa shape index (κ3) is 5.04. The van der Waals surface area contributed by atoms with Gasteiger partial charge in [-0.15, -0.1) is 5.10 Å². The SMILES string of the molecule is CCCC1=C(C(=O)OC)C(c2csnn2)NC(=S)N1c1ccc(OCc2ccccc2)cc1. The third-order valence-corrected chi connectivity index (χ3v) is 6.07. The maximum absolute atomic E-state index is 12.9. The van der Waals surface area contributed by atoms with Crippen molar-refractivity contribution in [2.75, 3.05) is 12.0 Å². The number of allylic oxidation sites excluding steroid dienone is 1. The molecule has 0 spiro atoms. The molecular weight excluding hydrogens is 456 g/mol. The molecule has 0 aliphatic carbocycles. The van der Waals surface area contributed by atoms with Crippen LogP contribution in [0.4, 0.5) is 5.69 Å². The number of aromatic nitrogens is 2. The van der Waals surface area contributed by atoms with Crippen LogP contribution >= 0.6 is 23.8 Å². The lowest BCUT2D eigenvalue weighted by Gasteiger charge is -2.38. The van der Waals surface area contributed by atoms with E-state index < -0.39 is 12.0 Å². The van der Waals surface area contributed by atoms with E-state index in [4.69, 9.17) is 21.7 Å². The predicted octanol–water partition coefficient (Wildman–Crippen LogP) is 4.78. The van der Waals surface area contributed by atoms with Crippen LogP contribution in [0.3, 0.4) is 0 Å². The van der Waals surface area contributed by atoms with Crippen LogP contribution in [0, 0.1) is 0 Å². The number of esters is 1. The van der Waals surface area contributed by atoms with Gasteiger partial charge in [0.1, 0.15) is 24.1 Å². The number of benzene rings is 2. The van der Waals surface area contributed by atoms with E-state index in [-0.39, 0.29) is 0 Å². The van der Waals surface area contributed by atoms with Gasteiger partial charge in [0.25, 0.3) is 0 Å². The highest BCUT2D eigenvalue weighted by Crippen LogP contribution is 2.36. The van der Waals surface area contributed by atoms with Crippen molar-refractivity contribution in [2.45, 2.75) is 32.4 Å². The Kier molecular flexibility index (Phi) is 7.31. The second kappa shape index (κ2) is 10.5. The summed E-state index contributed by atoms with van der Waals surface area (Å²) in [7, 11) is 1.38. The van der Waals surface area contributed by atoms with E-state index in [0.717, 1.165) is 29.1 Å². The van der Waals surface area contributed by atoms with Gasteiger partial charge in [-0.25, -0.2) is 4.79 Å². The fraction of sp³-hybridized carbons (Fsp3) is 0.250. The molecule has 1 atom stereocenters. The smallest absolute Gasteiger partial charge is 0.338 e. The molecular formula is C24H24N4O3S2. The summed E-state index contributed by atoms with van der Waals surface area (Å²) in [5, 5.41) is 9.71. The lowest BCUT2D eigenvalue weighted by molar-refractivity contribution is -0.136. The number of nitrogens with zero attached hydrogens (tertiary/aromatic N) is 3. The number of hydrogen-bond acceptors (Lipinski definition) is 7. The molecule has 1 aromatic heterocycles. The van der Waals surface area contributed by atoms with Crippen molar-refractivity contribution < 1.29 is 14.3 Å². The van der Waals surface area contributed by atoms with E-state index in [0.29, 0.717) is 29.4 Å². The highest BCUT2D eigenvalue weighted by atomic mass is 32.1. The monoisotopic (exact) mass is 480 g/mol. The normalized spacial score (nSPS) is 15.9. The first-order valence-electron chi connectivity index (χ1n) is 10.6. The van der Waals surface area contributed by atoms with Crippen molar-refractivity contribution >= 4 is 40.5 Å². The van der Waals surface area contributed by atoms with Gasteiger partial charge in [-0.1, -0.05) is 48.2 Å². The zero-order chi connectivity index (χ0) is 23.2. The van der Waals surface area contributed by atoms with Crippen LogP contribution in [0.25, 0.3) is 0 Å². The summed E-state index contributed by atoms with van der Waals surface area (Å²) in [6.07, 6.45) is 1.47. The second-order valence-electron chi connectivity index (χ2n) is 7.42. The van der Waals surface area contributed by atoms with Crippen LogP contribution in [-0.2, 0) is 16.1 Å². The molecule has 2 heterocycles. The first-order valence-corrected chi connectivity index (χ1v) is 11.8. The fourth-order valence-corrected chi connectivity index (χ4v) is 4.54. The quantitative estimate of drug-likeness (QED) is 0.365. The molecule has 0 bridgehead atoms. The summed E-state index contributed by atoms with van der Waals surface area (Å²) in [6.45, 7) is 2.55. The van der Waals surface area contributed by atoms with E-state index in [1.807, 2.05) is 59.5 Å². The van der Waals surface area contributed by atoms with Gasteiger partial charge in [0.2, 0.25) is 0 Å². The van der Waals surface area contributed by atoms with E-state index in [1.165, 1.54) is 18.6 Å². The van der Waals surface area contributed by atoms with E-state index in [9.17, 15) is 4.79 Å². The maximum atomic E-state index is 12.9. The third-order valence-electron chi connectivity index (χ3n) is 5.25. The van der Waals surface area contributed by atoms with Crippen molar-refractivity contribution in [3.63, 3.8) is 0 Å². The highest BCUT2D eigenvalue weighted by Gasteiger charge is 2.37. The van der Waals surface area contributed by atoms with Gasteiger partial charge in [-0.2, -0.15) is 0 Å². The van der Waals surface area contributed by atoms with Gasteiger partial charge in [0.05, 0.1) is 12.7 Å². The van der Waals surface area contributed by atoms with E-state index in [2.05, 4.69) is 21.8 Å². The average Bonchev–Trinajstić information content (AvgIpc) is 3.38. The molecule has 3 aromatic rings. The number of carbonyl (C=O) groups is 1. The molecule has 0 amide bonds. The van der Waals surface area contributed by atoms with Gasteiger partial charge in [0.15, 0.2) is 5.11 Å². The van der Waals surface area contributed by atoms with Crippen LogP contribution in [-0.4, -0.2) is 27.8 Å². The molecule has 0 saturated carbocycles. The minimum Gasteiger partial charge on any atom is -0.489 e.